The van der Waals surface area contributed by atoms with Crippen molar-refractivity contribution in [3.8, 4) is 0 Å². The van der Waals surface area contributed by atoms with E-state index in [1.54, 1.807) is 11.3 Å². The smallest absolute Gasteiger partial charge is 0.0556 e. The molecule has 0 amide bonds. The topological polar surface area (TPSA) is 55.9 Å². The van der Waals surface area contributed by atoms with Crippen molar-refractivity contribution in [2.24, 2.45) is 12.9 Å². The molecule has 0 saturated heterocycles. The Morgan fingerprint density at radius 2 is 2.25 bits per heavy atom. The van der Waals surface area contributed by atoms with Gasteiger partial charge in [0.1, 0.15) is 0 Å². The van der Waals surface area contributed by atoms with Gasteiger partial charge in [0.25, 0.3) is 0 Å². The highest BCUT2D eigenvalue weighted by Gasteiger charge is 2.13. The average molecular weight is 286 g/mol. The number of fused-ring (bicyclic) bond motifs is 1. The fourth-order valence-electron chi connectivity index (χ4n) is 2.39. The van der Waals surface area contributed by atoms with Gasteiger partial charge in [0.05, 0.1) is 12.2 Å². The number of hydrogen-bond acceptors (Lipinski definition) is 4. The first-order valence-corrected chi connectivity index (χ1v) is 7.50. The third-order valence-corrected chi connectivity index (χ3v) is 4.70. The minimum Gasteiger partial charge on any atom is -0.276 e. The minimum absolute atomic E-state index is 0.188. The first-order valence-electron chi connectivity index (χ1n) is 6.68. The van der Waals surface area contributed by atoms with Gasteiger partial charge in [0, 0.05) is 22.8 Å². The second kappa shape index (κ2) is 5.75. The predicted octanol–water partition coefficient (Wildman–Crippen LogP) is 2.77. The van der Waals surface area contributed by atoms with E-state index >= 15 is 0 Å². The third-order valence-electron chi connectivity index (χ3n) is 3.47. The fourth-order valence-corrected chi connectivity index (χ4v) is 3.55. The Kier molecular flexibility index (Phi) is 3.82. The number of thiophene rings is 1. The number of nitrogens with one attached hydrogen (secondary N) is 1. The van der Waals surface area contributed by atoms with Gasteiger partial charge in [-0.3, -0.25) is 16.0 Å². The van der Waals surface area contributed by atoms with Crippen LogP contribution >= 0.6 is 11.3 Å². The van der Waals surface area contributed by atoms with Gasteiger partial charge in [-0.1, -0.05) is 18.2 Å². The van der Waals surface area contributed by atoms with Crippen LogP contribution in [0.5, 0.6) is 0 Å². The highest BCUT2D eigenvalue weighted by Crippen LogP contribution is 2.31. The number of rotatable bonds is 5. The Bertz CT molecular complexity index is 668. The predicted molar refractivity (Wildman–Crippen MR) is 83.4 cm³/mol. The molecule has 0 bridgehead atoms. The van der Waals surface area contributed by atoms with Crippen molar-refractivity contribution in [2.75, 3.05) is 0 Å². The lowest BCUT2D eigenvalue weighted by Crippen LogP contribution is -2.27. The van der Waals surface area contributed by atoms with Crippen LogP contribution in [0.4, 0.5) is 0 Å². The van der Waals surface area contributed by atoms with Gasteiger partial charge in [-0.15, -0.1) is 11.3 Å². The third kappa shape index (κ3) is 2.75. The largest absolute Gasteiger partial charge is 0.276 e. The molecule has 3 rings (SSSR count). The summed E-state index contributed by atoms with van der Waals surface area (Å²) >= 11 is 1.81. The van der Waals surface area contributed by atoms with E-state index in [4.69, 9.17) is 5.84 Å². The van der Waals surface area contributed by atoms with Crippen molar-refractivity contribution in [3.63, 3.8) is 0 Å². The second-order valence-electron chi connectivity index (χ2n) is 4.97. The van der Waals surface area contributed by atoms with E-state index in [2.05, 4.69) is 47.1 Å². The van der Waals surface area contributed by atoms with E-state index in [-0.39, 0.29) is 6.04 Å². The normalized spacial score (nSPS) is 12.9. The van der Waals surface area contributed by atoms with Crippen molar-refractivity contribution >= 4 is 21.4 Å². The molecule has 0 saturated carbocycles. The number of aryl methyl sites for hydroxylation is 2. The minimum atomic E-state index is 0.188. The molecular weight excluding hydrogens is 268 g/mol. The van der Waals surface area contributed by atoms with Gasteiger partial charge in [0.2, 0.25) is 0 Å². The van der Waals surface area contributed by atoms with Crippen molar-refractivity contribution < 1.29 is 0 Å². The summed E-state index contributed by atoms with van der Waals surface area (Å²) in [4.78, 5) is 1.29. The van der Waals surface area contributed by atoms with Crippen molar-refractivity contribution in [2.45, 2.75) is 18.9 Å². The number of aromatic nitrogens is 2. The molecule has 20 heavy (non-hydrogen) atoms. The van der Waals surface area contributed by atoms with Crippen molar-refractivity contribution in [3.05, 3.63) is 53.2 Å². The maximum absolute atomic E-state index is 5.73. The number of hydrogen-bond donors (Lipinski definition) is 2. The van der Waals surface area contributed by atoms with Crippen LogP contribution in [0.25, 0.3) is 10.1 Å². The highest BCUT2D eigenvalue weighted by molar-refractivity contribution is 7.19. The molecule has 0 aliphatic rings. The maximum Gasteiger partial charge on any atom is 0.0556 e. The summed E-state index contributed by atoms with van der Waals surface area (Å²) in [7, 11) is 1.94. The van der Waals surface area contributed by atoms with Crippen LogP contribution in [0.1, 0.15) is 22.9 Å². The Hall–Kier alpha value is -1.69. The van der Waals surface area contributed by atoms with Gasteiger partial charge in [-0.05, 0) is 35.9 Å². The molecular formula is C15H18N4S. The molecule has 3 aromatic rings. The van der Waals surface area contributed by atoms with Crippen LogP contribution < -0.4 is 11.3 Å². The average Bonchev–Trinajstić information content (AvgIpc) is 3.05. The zero-order valence-electron chi connectivity index (χ0n) is 11.4. The number of hydrazine groups is 1. The monoisotopic (exact) mass is 286 g/mol. The zero-order chi connectivity index (χ0) is 13.9. The molecule has 0 aliphatic heterocycles. The number of benzene rings is 1. The highest BCUT2D eigenvalue weighted by atomic mass is 32.1. The Labute approximate surface area is 122 Å². The Morgan fingerprint density at radius 1 is 1.40 bits per heavy atom. The summed E-state index contributed by atoms with van der Waals surface area (Å²) in [6.45, 7) is 0. The summed E-state index contributed by atoms with van der Waals surface area (Å²) in [6.07, 6.45) is 5.91. The van der Waals surface area contributed by atoms with E-state index < -0.39 is 0 Å². The number of nitrogens with zero attached hydrogens (tertiary/aromatic N) is 2. The molecule has 0 spiro atoms. The van der Waals surface area contributed by atoms with Crippen LogP contribution in [-0.4, -0.2) is 9.78 Å². The lowest BCUT2D eigenvalue weighted by Gasteiger charge is -2.13. The molecule has 4 nitrogen and oxygen atoms in total. The number of nitrogens with two attached hydrogens (primary N) is 1. The quantitative estimate of drug-likeness (QED) is 0.560. The van der Waals surface area contributed by atoms with E-state index in [0.29, 0.717) is 0 Å². The fraction of sp³-hybridized carbons (Fsp3) is 0.267. The first kappa shape index (κ1) is 13.3. The van der Waals surface area contributed by atoms with Crippen LogP contribution in [0.3, 0.4) is 0 Å². The van der Waals surface area contributed by atoms with Gasteiger partial charge >= 0.3 is 0 Å². The lowest BCUT2D eigenvalue weighted by atomic mass is 10.1. The van der Waals surface area contributed by atoms with Crippen molar-refractivity contribution in [1.82, 2.24) is 15.2 Å². The lowest BCUT2D eigenvalue weighted by molar-refractivity contribution is 0.524. The Balaban J connectivity index is 1.75. The zero-order valence-corrected chi connectivity index (χ0v) is 12.2. The van der Waals surface area contributed by atoms with Gasteiger partial charge in [-0.2, -0.15) is 5.10 Å². The molecule has 1 aromatic carbocycles. The van der Waals surface area contributed by atoms with Crippen LogP contribution in [0.15, 0.2) is 42.7 Å². The summed E-state index contributed by atoms with van der Waals surface area (Å²) in [5.74, 6) is 5.73. The van der Waals surface area contributed by atoms with Crippen LogP contribution in [0.2, 0.25) is 0 Å². The maximum atomic E-state index is 5.73. The van der Waals surface area contributed by atoms with E-state index in [9.17, 15) is 0 Å². The van der Waals surface area contributed by atoms with E-state index in [1.807, 2.05) is 17.9 Å². The Morgan fingerprint density at radius 3 is 2.95 bits per heavy atom. The summed E-state index contributed by atoms with van der Waals surface area (Å²) < 4.78 is 3.14. The van der Waals surface area contributed by atoms with Crippen molar-refractivity contribution in [1.29, 1.82) is 0 Å². The SMILES string of the molecule is Cn1cc(CCC(NN)c2cc3ccccc3s2)cn1. The summed E-state index contributed by atoms with van der Waals surface area (Å²) in [6, 6.07) is 10.9. The van der Waals surface area contributed by atoms with E-state index in [1.165, 1.54) is 20.5 Å². The summed E-state index contributed by atoms with van der Waals surface area (Å²) in [5.41, 5.74) is 4.18. The summed E-state index contributed by atoms with van der Waals surface area (Å²) in [5, 5.41) is 5.48. The van der Waals surface area contributed by atoms with Crippen LogP contribution in [-0.2, 0) is 13.5 Å². The molecule has 2 heterocycles. The molecule has 3 N–H and O–H groups in total. The van der Waals surface area contributed by atoms with Gasteiger partial charge < -0.3 is 0 Å². The first-order chi connectivity index (χ1) is 9.76. The van der Waals surface area contributed by atoms with Crippen LogP contribution in [0, 0.1) is 0 Å². The molecule has 0 fully saturated rings. The molecule has 5 heteroatoms. The molecule has 0 radical (unpaired) electrons. The molecule has 1 unspecified atom stereocenters. The molecule has 2 aromatic heterocycles. The van der Waals surface area contributed by atoms with E-state index in [0.717, 1.165) is 12.8 Å². The molecule has 104 valence electrons. The molecule has 0 aliphatic carbocycles. The van der Waals surface area contributed by atoms with Gasteiger partial charge in [-0.25, -0.2) is 0 Å². The standard InChI is InChI=1S/C15H18N4S/c1-19-10-11(9-17-19)6-7-13(18-16)15-8-12-4-2-3-5-14(12)20-15/h2-5,8-10,13,18H,6-7,16H2,1H3. The molecule has 1 atom stereocenters. The second-order valence-corrected chi connectivity index (χ2v) is 6.08. The van der Waals surface area contributed by atoms with Gasteiger partial charge in [0.15, 0.2) is 0 Å².